The molecule has 2 N–H and O–H groups in total. The van der Waals surface area contributed by atoms with Gasteiger partial charge in [-0.3, -0.25) is 9.59 Å². The van der Waals surface area contributed by atoms with Crippen LogP contribution in [-0.4, -0.2) is 35.9 Å². The van der Waals surface area contributed by atoms with Crippen molar-refractivity contribution in [1.29, 1.82) is 0 Å². The van der Waals surface area contributed by atoms with E-state index in [1.807, 2.05) is 45.0 Å². The molecule has 168 valence electrons. The second kappa shape index (κ2) is 9.68. The molecular weight excluding hydrogens is 406 g/mol. The van der Waals surface area contributed by atoms with E-state index in [-0.39, 0.29) is 18.2 Å². The van der Waals surface area contributed by atoms with Crippen LogP contribution in [0.15, 0.2) is 42.1 Å². The molecule has 1 aliphatic heterocycles. The van der Waals surface area contributed by atoms with Gasteiger partial charge >= 0.3 is 6.03 Å². The molecular formula is C25H29N3O4. The SMILES string of the molecule is CCOc1cc(C)c(/C=C2\NC(=O)N(CC(=O)Nc3ccc(C)cc3)C2=O)cc1C(C)C. The van der Waals surface area contributed by atoms with Crippen LogP contribution >= 0.6 is 0 Å². The van der Waals surface area contributed by atoms with Gasteiger partial charge in [0.25, 0.3) is 5.91 Å². The number of nitrogens with zero attached hydrogens (tertiary/aromatic N) is 1. The van der Waals surface area contributed by atoms with Crippen molar-refractivity contribution < 1.29 is 19.1 Å². The Balaban J connectivity index is 1.78. The van der Waals surface area contributed by atoms with Crippen molar-refractivity contribution in [1.82, 2.24) is 10.2 Å². The van der Waals surface area contributed by atoms with Gasteiger partial charge in [-0.15, -0.1) is 0 Å². The lowest BCUT2D eigenvalue weighted by atomic mass is 9.96. The average molecular weight is 436 g/mol. The molecule has 1 fully saturated rings. The molecule has 1 saturated heterocycles. The summed E-state index contributed by atoms with van der Waals surface area (Å²) >= 11 is 0. The molecule has 0 spiro atoms. The third-order valence-electron chi connectivity index (χ3n) is 5.22. The van der Waals surface area contributed by atoms with Crippen LogP contribution in [0.25, 0.3) is 6.08 Å². The Labute approximate surface area is 188 Å². The van der Waals surface area contributed by atoms with Gasteiger partial charge in [-0.25, -0.2) is 9.69 Å². The molecule has 2 aromatic rings. The molecule has 0 bridgehead atoms. The molecule has 2 aromatic carbocycles. The van der Waals surface area contributed by atoms with E-state index in [1.165, 1.54) is 0 Å². The summed E-state index contributed by atoms with van der Waals surface area (Å²) in [7, 11) is 0. The molecule has 0 aliphatic carbocycles. The van der Waals surface area contributed by atoms with Crippen molar-refractivity contribution in [3.63, 3.8) is 0 Å². The zero-order valence-corrected chi connectivity index (χ0v) is 19.1. The lowest BCUT2D eigenvalue weighted by Gasteiger charge is -2.16. The zero-order valence-electron chi connectivity index (χ0n) is 19.1. The smallest absolute Gasteiger partial charge is 0.329 e. The highest BCUT2D eigenvalue weighted by Gasteiger charge is 2.35. The normalized spacial score (nSPS) is 14.8. The maximum Gasteiger partial charge on any atom is 0.329 e. The molecule has 32 heavy (non-hydrogen) atoms. The fourth-order valence-corrected chi connectivity index (χ4v) is 3.45. The van der Waals surface area contributed by atoms with Crippen molar-refractivity contribution in [2.45, 2.75) is 40.5 Å². The summed E-state index contributed by atoms with van der Waals surface area (Å²) in [5.41, 5.74) is 4.57. The molecule has 1 aliphatic rings. The first kappa shape index (κ1) is 23.1. The van der Waals surface area contributed by atoms with Gasteiger partial charge in [-0.2, -0.15) is 0 Å². The van der Waals surface area contributed by atoms with Gasteiger partial charge in [0.15, 0.2) is 0 Å². The van der Waals surface area contributed by atoms with Crippen LogP contribution < -0.4 is 15.4 Å². The van der Waals surface area contributed by atoms with E-state index in [4.69, 9.17) is 4.74 Å². The summed E-state index contributed by atoms with van der Waals surface area (Å²) < 4.78 is 5.75. The molecule has 0 aromatic heterocycles. The minimum absolute atomic E-state index is 0.139. The quantitative estimate of drug-likeness (QED) is 0.500. The van der Waals surface area contributed by atoms with E-state index in [0.29, 0.717) is 12.3 Å². The van der Waals surface area contributed by atoms with Gasteiger partial charge in [-0.05, 0) is 73.7 Å². The van der Waals surface area contributed by atoms with Crippen molar-refractivity contribution in [2.75, 3.05) is 18.5 Å². The summed E-state index contributed by atoms with van der Waals surface area (Å²) in [6, 6.07) is 10.6. The Morgan fingerprint density at radius 3 is 2.47 bits per heavy atom. The second-order valence-corrected chi connectivity index (χ2v) is 8.13. The van der Waals surface area contributed by atoms with E-state index in [1.54, 1.807) is 18.2 Å². The number of carbonyl (C=O) groups is 3. The molecule has 7 heteroatoms. The van der Waals surface area contributed by atoms with Gasteiger partial charge in [0.2, 0.25) is 5.91 Å². The zero-order chi connectivity index (χ0) is 23.4. The summed E-state index contributed by atoms with van der Waals surface area (Å²) in [5.74, 6) is 0.0647. The Bertz CT molecular complexity index is 1070. The molecule has 0 saturated carbocycles. The molecule has 0 atom stereocenters. The number of hydrogen-bond donors (Lipinski definition) is 2. The van der Waals surface area contributed by atoms with Crippen LogP contribution in [0, 0.1) is 13.8 Å². The second-order valence-electron chi connectivity index (χ2n) is 8.13. The number of nitrogens with one attached hydrogen (secondary N) is 2. The Morgan fingerprint density at radius 1 is 1.16 bits per heavy atom. The number of hydrogen-bond acceptors (Lipinski definition) is 4. The number of imide groups is 1. The highest BCUT2D eigenvalue weighted by molar-refractivity contribution is 6.16. The van der Waals surface area contributed by atoms with Crippen molar-refractivity contribution in [3.8, 4) is 5.75 Å². The summed E-state index contributed by atoms with van der Waals surface area (Å²) in [6.07, 6.45) is 1.65. The third-order valence-corrected chi connectivity index (χ3v) is 5.22. The minimum Gasteiger partial charge on any atom is -0.494 e. The van der Waals surface area contributed by atoms with Crippen LogP contribution in [0.5, 0.6) is 5.75 Å². The summed E-state index contributed by atoms with van der Waals surface area (Å²) in [6.45, 7) is 10.1. The van der Waals surface area contributed by atoms with Crippen LogP contribution in [0.4, 0.5) is 10.5 Å². The van der Waals surface area contributed by atoms with Crippen molar-refractivity contribution in [2.24, 2.45) is 0 Å². The number of aryl methyl sites for hydroxylation is 2. The molecule has 3 rings (SSSR count). The van der Waals surface area contributed by atoms with Gasteiger partial charge in [0.05, 0.1) is 6.61 Å². The monoisotopic (exact) mass is 435 g/mol. The maximum atomic E-state index is 12.8. The summed E-state index contributed by atoms with van der Waals surface area (Å²) in [4.78, 5) is 38.5. The van der Waals surface area contributed by atoms with E-state index in [9.17, 15) is 14.4 Å². The Hall–Kier alpha value is -3.61. The fourth-order valence-electron chi connectivity index (χ4n) is 3.45. The number of anilines is 1. The first-order valence-electron chi connectivity index (χ1n) is 10.7. The maximum absolute atomic E-state index is 12.8. The van der Waals surface area contributed by atoms with Crippen LogP contribution in [0.3, 0.4) is 0 Å². The van der Waals surface area contributed by atoms with Gasteiger partial charge in [0.1, 0.15) is 18.0 Å². The number of amides is 4. The molecule has 1 heterocycles. The number of ether oxygens (including phenoxy) is 1. The highest BCUT2D eigenvalue weighted by atomic mass is 16.5. The standard InChI is InChI=1S/C25H29N3O4/c1-6-32-22-11-17(5)18(12-20(22)15(2)3)13-21-24(30)28(25(31)27-21)14-23(29)26-19-9-7-16(4)8-10-19/h7-13,15H,6,14H2,1-5H3,(H,26,29)(H,27,31)/b21-13-. The molecule has 0 unspecified atom stereocenters. The molecule has 7 nitrogen and oxygen atoms in total. The fraction of sp³-hybridized carbons (Fsp3) is 0.320. The lowest BCUT2D eigenvalue weighted by molar-refractivity contribution is -0.127. The van der Waals surface area contributed by atoms with Gasteiger partial charge < -0.3 is 15.4 Å². The summed E-state index contributed by atoms with van der Waals surface area (Å²) in [5, 5.41) is 5.28. The topological polar surface area (TPSA) is 87.7 Å². The minimum atomic E-state index is -0.618. The first-order valence-corrected chi connectivity index (χ1v) is 10.7. The third kappa shape index (κ3) is 5.17. The molecule has 4 amide bonds. The van der Waals surface area contributed by atoms with E-state index in [2.05, 4.69) is 24.5 Å². The predicted molar refractivity (Wildman–Crippen MR) is 124 cm³/mol. The first-order chi connectivity index (χ1) is 15.2. The average Bonchev–Trinajstić information content (AvgIpc) is 2.99. The van der Waals surface area contributed by atoms with Gasteiger partial charge in [0, 0.05) is 5.69 Å². The largest absolute Gasteiger partial charge is 0.494 e. The Morgan fingerprint density at radius 2 is 1.84 bits per heavy atom. The number of benzene rings is 2. The van der Waals surface area contributed by atoms with Crippen LogP contribution in [-0.2, 0) is 9.59 Å². The van der Waals surface area contributed by atoms with Crippen molar-refractivity contribution in [3.05, 3.63) is 64.3 Å². The van der Waals surface area contributed by atoms with E-state index in [0.717, 1.165) is 32.9 Å². The lowest BCUT2D eigenvalue weighted by Crippen LogP contribution is -2.38. The molecule has 0 radical (unpaired) electrons. The highest BCUT2D eigenvalue weighted by Crippen LogP contribution is 2.31. The van der Waals surface area contributed by atoms with Crippen molar-refractivity contribution >= 4 is 29.6 Å². The van der Waals surface area contributed by atoms with Crippen LogP contribution in [0.2, 0.25) is 0 Å². The van der Waals surface area contributed by atoms with E-state index < -0.39 is 17.8 Å². The van der Waals surface area contributed by atoms with Crippen LogP contribution in [0.1, 0.15) is 48.9 Å². The Kier molecular flexibility index (Phi) is 6.98. The number of urea groups is 1. The number of rotatable bonds is 7. The van der Waals surface area contributed by atoms with E-state index >= 15 is 0 Å². The predicted octanol–water partition coefficient (Wildman–Crippen LogP) is 4.36. The number of carbonyl (C=O) groups excluding carboxylic acids is 3. The van der Waals surface area contributed by atoms with Gasteiger partial charge in [-0.1, -0.05) is 31.5 Å².